The lowest BCUT2D eigenvalue weighted by Gasteiger charge is -2.39. The van der Waals surface area contributed by atoms with E-state index in [2.05, 4.69) is 10.3 Å². The lowest BCUT2D eigenvalue weighted by atomic mass is 9.66. The van der Waals surface area contributed by atoms with Crippen LogP contribution < -0.4 is 5.32 Å². The summed E-state index contributed by atoms with van der Waals surface area (Å²) in [5.74, 6) is -2.28. The topological polar surface area (TPSA) is 58.5 Å². The van der Waals surface area contributed by atoms with Gasteiger partial charge in [0.15, 0.2) is 5.78 Å². The Balaban J connectivity index is 1.78. The summed E-state index contributed by atoms with van der Waals surface area (Å²) in [5.41, 5.74) is 0.900. The van der Waals surface area contributed by atoms with Gasteiger partial charge < -0.3 is 5.32 Å². The molecule has 0 spiro atoms. The molecule has 0 fully saturated rings. The van der Waals surface area contributed by atoms with Gasteiger partial charge in [-0.25, -0.2) is 0 Å². The second-order valence-electron chi connectivity index (χ2n) is 9.74. The molecule has 0 bridgehead atoms. The molecule has 4 rings (SSSR count). The Labute approximate surface area is 211 Å². The Morgan fingerprint density at radius 3 is 2.37 bits per heavy atom. The van der Waals surface area contributed by atoms with Crippen LogP contribution in [-0.2, 0) is 15.8 Å². The largest absolute Gasteiger partial charge is 0.416 e. The van der Waals surface area contributed by atoms with Gasteiger partial charge in [-0.3, -0.25) is 14.6 Å². The lowest BCUT2D eigenvalue weighted by Crippen LogP contribution is -2.41. The van der Waals surface area contributed by atoms with Crippen LogP contribution in [0.2, 0.25) is 10.0 Å². The molecule has 2 aliphatic rings. The van der Waals surface area contributed by atoms with Crippen molar-refractivity contribution in [3.8, 4) is 0 Å². The molecule has 1 aliphatic heterocycles. The molecule has 0 radical (unpaired) electrons. The minimum atomic E-state index is -4.60. The van der Waals surface area contributed by atoms with Gasteiger partial charge in [0.25, 0.3) is 0 Å². The molecule has 4 nitrogen and oxygen atoms in total. The van der Waals surface area contributed by atoms with Crippen LogP contribution in [0.25, 0.3) is 0 Å². The van der Waals surface area contributed by atoms with E-state index in [9.17, 15) is 22.8 Å². The number of nitrogens with zero attached hydrogens (tertiary/aromatic N) is 1. The average molecular weight is 523 g/mol. The summed E-state index contributed by atoms with van der Waals surface area (Å²) in [6.07, 6.45) is -3.72. The van der Waals surface area contributed by atoms with E-state index in [4.69, 9.17) is 23.2 Å². The van der Waals surface area contributed by atoms with Crippen LogP contribution in [0.1, 0.15) is 50.7 Å². The normalized spacial score (nSPS) is 21.9. The van der Waals surface area contributed by atoms with Gasteiger partial charge in [-0.1, -0.05) is 49.2 Å². The molecule has 2 aromatic carbocycles. The molecule has 1 amide bonds. The Morgan fingerprint density at radius 2 is 1.74 bits per heavy atom. The predicted octanol–water partition coefficient (Wildman–Crippen LogP) is 7.47. The number of rotatable bonds is 3. The predicted molar refractivity (Wildman–Crippen MR) is 131 cm³/mol. The van der Waals surface area contributed by atoms with Crippen LogP contribution in [0.3, 0.4) is 0 Å². The molecule has 2 aromatic rings. The fourth-order valence-electron chi connectivity index (χ4n) is 4.82. The number of aliphatic imine (C=N–C) groups is 1. The first-order valence-corrected chi connectivity index (χ1v) is 11.8. The van der Waals surface area contributed by atoms with Crippen molar-refractivity contribution in [2.24, 2.45) is 16.3 Å². The number of hydrogen-bond acceptors (Lipinski definition) is 3. The molecular weight excluding hydrogens is 500 g/mol. The highest BCUT2D eigenvalue weighted by molar-refractivity contribution is 6.34. The number of ketones is 1. The smallest absolute Gasteiger partial charge is 0.324 e. The molecule has 9 heteroatoms. The Kier molecular flexibility index (Phi) is 6.62. The second-order valence-corrected chi connectivity index (χ2v) is 10.6. The van der Waals surface area contributed by atoms with Gasteiger partial charge in [-0.05, 0) is 54.7 Å². The first-order valence-electron chi connectivity index (χ1n) is 11.0. The number of anilines is 1. The highest BCUT2D eigenvalue weighted by Crippen LogP contribution is 2.48. The van der Waals surface area contributed by atoms with Crippen molar-refractivity contribution in [2.45, 2.75) is 45.7 Å². The van der Waals surface area contributed by atoms with Crippen molar-refractivity contribution >= 4 is 46.3 Å². The Morgan fingerprint density at radius 1 is 1.09 bits per heavy atom. The molecule has 2 atom stereocenters. The number of alkyl halides is 3. The average Bonchev–Trinajstić information content (AvgIpc) is 2.73. The van der Waals surface area contributed by atoms with E-state index in [-0.39, 0.29) is 21.9 Å². The van der Waals surface area contributed by atoms with Crippen molar-refractivity contribution in [1.82, 2.24) is 0 Å². The van der Waals surface area contributed by atoms with Crippen LogP contribution in [0.15, 0.2) is 58.7 Å². The minimum Gasteiger partial charge on any atom is -0.324 e. The number of carbonyl (C=O) groups is 2. The molecule has 1 N–H and O–H groups in total. The number of hydrogen-bond donors (Lipinski definition) is 1. The summed E-state index contributed by atoms with van der Waals surface area (Å²) in [6.45, 7) is 5.67. The zero-order valence-electron chi connectivity index (χ0n) is 19.3. The molecule has 0 saturated carbocycles. The summed E-state index contributed by atoms with van der Waals surface area (Å²) in [4.78, 5) is 31.5. The van der Waals surface area contributed by atoms with E-state index in [1.165, 1.54) is 0 Å². The maximum atomic E-state index is 13.6. The molecule has 35 heavy (non-hydrogen) atoms. The number of amides is 1. The number of allylic oxidation sites excluding steroid dienone is 2. The highest BCUT2D eigenvalue weighted by atomic mass is 35.5. The van der Waals surface area contributed by atoms with Crippen LogP contribution in [0, 0.1) is 11.3 Å². The fraction of sp³-hybridized carbons (Fsp3) is 0.346. The SMILES string of the molecule is CC1=NC2=C(C(=O)CC(C)(C)C2)[C@H](c2ccc(Cl)cc2)C1C(=O)Nc1cc(C(F)(F)F)ccc1Cl. The highest BCUT2D eigenvalue weighted by Gasteiger charge is 2.45. The first kappa shape index (κ1) is 25.5. The zero-order chi connectivity index (χ0) is 25.7. The van der Waals surface area contributed by atoms with Gasteiger partial charge in [0.05, 0.1) is 22.2 Å². The van der Waals surface area contributed by atoms with E-state index >= 15 is 0 Å². The van der Waals surface area contributed by atoms with E-state index in [0.717, 1.165) is 18.2 Å². The third-order valence-corrected chi connectivity index (χ3v) is 6.95. The number of nitrogens with one attached hydrogen (secondary N) is 1. The summed E-state index contributed by atoms with van der Waals surface area (Å²) >= 11 is 12.2. The summed E-state index contributed by atoms with van der Waals surface area (Å²) in [5, 5.41) is 3.01. The molecular formula is C26H23Cl2F3N2O2. The molecule has 0 aromatic heterocycles. The fourth-order valence-corrected chi connectivity index (χ4v) is 5.11. The van der Waals surface area contributed by atoms with E-state index < -0.39 is 29.5 Å². The first-order chi connectivity index (χ1) is 16.3. The second kappa shape index (κ2) is 9.10. The number of halogens is 5. The van der Waals surface area contributed by atoms with E-state index in [1.807, 2.05) is 13.8 Å². The van der Waals surface area contributed by atoms with Crippen LogP contribution >= 0.6 is 23.2 Å². The summed E-state index contributed by atoms with van der Waals surface area (Å²) < 4.78 is 39.7. The van der Waals surface area contributed by atoms with Crippen molar-refractivity contribution in [3.63, 3.8) is 0 Å². The quantitative estimate of drug-likeness (QED) is 0.454. The maximum absolute atomic E-state index is 13.6. The van der Waals surface area contributed by atoms with Crippen molar-refractivity contribution < 1.29 is 22.8 Å². The van der Waals surface area contributed by atoms with Gasteiger partial charge in [0.1, 0.15) is 0 Å². The van der Waals surface area contributed by atoms with E-state index in [1.54, 1.807) is 31.2 Å². The molecule has 0 saturated heterocycles. The summed E-state index contributed by atoms with van der Waals surface area (Å²) in [7, 11) is 0. The number of Topliss-reactive ketones (excluding diaryl/α,β-unsaturated/α-hetero) is 1. The minimum absolute atomic E-state index is 0.0322. The molecule has 1 aliphatic carbocycles. The molecule has 1 unspecified atom stereocenters. The van der Waals surface area contributed by atoms with Crippen molar-refractivity contribution in [2.75, 3.05) is 5.32 Å². The molecule has 1 heterocycles. The third kappa shape index (κ3) is 5.16. The van der Waals surface area contributed by atoms with Gasteiger partial charge in [-0.15, -0.1) is 0 Å². The van der Waals surface area contributed by atoms with Crippen LogP contribution in [-0.4, -0.2) is 17.4 Å². The maximum Gasteiger partial charge on any atom is 0.416 e. The van der Waals surface area contributed by atoms with Crippen LogP contribution in [0.4, 0.5) is 18.9 Å². The third-order valence-electron chi connectivity index (χ3n) is 6.37. The van der Waals surface area contributed by atoms with Crippen LogP contribution in [0.5, 0.6) is 0 Å². The van der Waals surface area contributed by atoms with Crippen molar-refractivity contribution in [1.29, 1.82) is 0 Å². The lowest BCUT2D eigenvalue weighted by molar-refractivity contribution is -0.137. The van der Waals surface area contributed by atoms with Gasteiger partial charge in [0.2, 0.25) is 5.91 Å². The van der Waals surface area contributed by atoms with Gasteiger partial charge in [0, 0.05) is 34.3 Å². The van der Waals surface area contributed by atoms with E-state index in [0.29, 0.717) is 40.4 Å². The van der Waals surface area contributed by atoms with Crippen molar-refractivity contribution in [3.05, 3.63) is 74.9 Å². The number of benzene rings is 2. The Hall–Kier alpha value is -2.64. The standard InChI is InChI=1S/C26H23Cl2F3N2O2/c1-13-21(24(35)33-18-10-15(26(29,30)31)6-9-17(18)28)22(14-4-7-16(27)8-5-14)23-19(32-13)11-25(2,3)12-20(23)34/h4-10,21-22H,11-12H2,1-3H3,(H,33,35)/t21?,22-/m1/s1. The Bertz CT molecular complexity index is 1260. The zero-order valence-corrected chi connectivity index (χ0v) is 20.8. The molecule has 184 valence electrons. The monoisotopic (exact) mass is 522 g/mol. The summed E-state index contributed by atoms with van der Waals surface area (Å²) in [6, 6.07) is 9.59. The van der Waals surface area contributed by atoms with Gasteiger partial charge in [-0.2, -0.15) is 13.2 Å². The van der Waals surface area contributed by atoms with Gasteiger partial charge >= 0.3 is 6.18 Å². The number of carbonyl (C=O) groups excluding carboxylic acids is 2.